The average molecular weight is 534 g/mol. The normalized spacial score (nSPS) is 13.6. The van der Waals surface area contributed by atoms with Crippen LogP contribution in [0.1, 0.15) is 27.9 Å². The fourth-order valence-electron chi connectivity index (χ4n) is 4.66. The van der Waals surface area contributed by atoms with Crippen LogP contribution in [0.3, 0.4) is 0 Å². The second-order valence-electron chi connectivity index (χ2n) is 8.78. The second-order valence-corrected chi connectivity index (χ2v) is 9.57. The number of carbonyl (C=O) groups is 1. The maximum Gasteiger partial charge on any atom is 0.326 e. The van der Waals surface area contributed by atoms with Gasteiger partial charge in [0.2, 0.25) is 0 Å². The van der Waals surface area contributed by atoms with Gasteiger partial charge in [0.15, 0.2) is 0 Å². The van der Waals surface area contributed by atoms with Gasteiger partial charge in [0.25, 0.3) is 0 Å². The SMILES string of the molecule is N#Cc1ccc2c3c(n(C(=O)NCc4ccnc(Cl)c4)c2c1)CCN(C/C=C/c1cccc(Cl)c1F)C3. The van der Waals surface area contributed by atoms with E-state index >= 15 is 0 Å². The molecule has 0 aliphatic carbocycles. The Morgan fingerprint density at radius 2 is 2.08 bits per heavy atom. The maximum absolute atomic E-state index is 14.2. The van der Waals surface area contributed by atoms with E-state index < -0.39 is 5.82 Å². The quantitative estimate of drug-likeness (QED) is 0.310. The summed E-state index contributed by atoms with van der Waals surface area (Å²) in [5.41, 5.74) is 4.45. The van der Waals surface area contributed by atoms with Gasteiger partial charge in [0.05, 0.1) is 22.2 Å². The number of hydrogen-bond acceptors (Lipinski definition) is 4. The predicted molar refractivity (Wildman–Crippen MR) is 143 cm³/mol. The minimum Gasteiger partial charge on any atom is -0.333 e. The van der Waals surface area contributed by atoms with E-state index in [9.17, 15) is 14.4 Å². The Balaban J connectivity index is 1.40. The van der Waals surface area contributed by atoms with Crippen LogP contribution in [-0.4, -0.2) is 33.6 Å². The first kappa shape index (κ1) is 25.0. The van der Waals surface area contributed by atoms with Crippen molar-refractivity contribution in [2.75, 3.05) is 13.1 Å². The zero-order valence-electron chi connectivity index (χ0n) is 19.7. The Morgan fingerprint density at radius 1 is 1.22 bits per heavy atom. The van der Waals surface area contributed by atoms with Gasteiger partial charge in [0, 0.05) is 55.4 Å². The molecule has 0 unspecified atom stereocenters. The lowest BCUT2D eigenvalue weighted by atomic mass is 10.0. The fraction of sp³-hybridized carbons (Fsp3) is 0.179. The number of fused-ring (bicyclic) bond motifs is 3. The van der Waals surface area contributed by atoms with E-state index in [1.54, 1.807) is 53.2 Å². The van der Waals surface area contributed by atoms with E-state index in [2.05, 4.69) is 21.3 Å². The molecular weight excluding hydrogens is 512 g/mol. The Hall–Kier alpha value is -3.70. The highest BCUT2D eigenvalue weighted by molar-refractivity contribution is 6.30. The molecule has 1 amide bonds. The smallest absolute Gasteiger partial charge is 0.326 e. The number of carbonyl (C=O) groups excluding carboxylic acids is 1. The molecule has 6 nitrogen and oxygen atoms in total. The Labute approximate surface area is 223 Å². The van der Waals surface area contributed by atoms with Gasteiger partial charge in [-0.05, 0) is 41.5 Å². The van der Waals surface area contributed by atoms with Crippen molar-refractivity contribution in [3.63, 3.8) is 0 Å². The van der Waals surface area contributed by atoms with Crippen molar-refractivity contribution in [1.82, 2.24) is 19.8 Å². The number of halogens is 3. The summed E-state index contributed by atoms with van der Waals surface area (Å²) in [5, 5.41) is 13.8. The van der Waals surface area contributed by atoms with Gasteiger partial charge in [-0.25, -0.2) is 14.2 Å². The number of hydrogen-bond donors (Lipinski definition) is 1. The van der Waals surface area contributed by atoms with Crippen LogP contribution in [0.5, 0.6) is 0 Å². The zero-order chi connectivity index (χ0) is 25.9. The number of benzene rings is 2. The lowest BCUT2D eigenvalue weighted by Gasteiger charge is -2.27. The van der Waals surface area contributed by atoms with Crippen molar-refractivity contribution >= 4 is 46.2 Å². The summed E-state index contributed by atoms with van der Waals surface area (Å²) in [7, 11) is 0. The molecule has 0 bridgehead atoms. The van der Waals surface area contributed by atoms with E-state index in [-0.39, 0.29) is 11.1 Å². The number of rotatable bonds is 5. The predicted octanol–water partition coefficient (Wildman–Crippen LogP) is 6.18. The van der Waals surface area contributed by atoms with Crippen LogP contribution in [0.4, 0.5) is 9.18 Å². The van der Waals surface area contributed by atoms with Crippen LogP contribution < -0.4 is 5.32 Å². The molecule has 1 N–H and O–H groups in total. The molecule has 9 heteroatoms. The topological polar surface area (TPSA) is 74.0 Å². The minimum atomic E-state index is -0.433. The number of amides is 1. The molecular formula is C28H22Cl2FN5O. The molecule has 0 fully saturated rings. The molecule has 186 valence electrons. The average Bonchev–Trinajstić information content (AvgIpc) is 3.22. The molecule has 0 atom stereocenters. The summed E-state index contributed by atoms with van der Waals surface area (Å²) in [6.07, 6.45) is 5.90. The number of pyridine rings is 1. The van der Waals surface area contributed by atoms with Crippen LogP contribution in [0.15, 0.2) is 60.8 Å². The molecule has 0 spiro atoms. The number of nitriles is 1. The summed E-state index contributed by atoms with van der Waals surface area (Å²) in [6, 6.07) is 15.8. The third-order valence-electron chi connectivity index (χ3n) is 6.44. The number of nitrogens with one attached hydrogen (secondary N) is 1. The molecule has 0 radical (unpaired) electrons. The molecule has 1 aliphatic heterocycles. The van der Waals surface area contributed by atoms with Crippen molar-refractivity contribution < 1.29 is 9.18 Å². The van der Waals surface area contributed by atoms with E-state index in [0.29, 0.717) is 47.9 Å². The van der Waals surface area contributed by atoms with Crippen LogP contribution in [0.2, 0.25) is 10.2 Å². The summed E-state index contributed by atoms with van der Waals surface area (Å²) in [4.78, 5) is 19.6. The Morgan fingerprint density at radius 3 is 2.89 bits per heavy atom. The second kappa shape index (κ2) is 10.7. The summed E-state index contributed by atoms with van der Waals surface area (Å²) < 4.78 is 15.9. The first-order chi connectivity index (χ1) is 17.9. The van der Waals surface area contributed by atoms with Crippen molar-refractivity contribution in [3.05, 3.63) is 105 Å². The van der Waals surface area contributed by atoms with Gasteiger partial charge in [-0.1, -0.05) is 53.6 Å². The summed E-state index contributed by atoms with van der Waals surface area (Å²) >= 11 is 11.9. The van der Waals surface area contributed by atoms with E-state index in [0.717, 1.165) is 28.8 Å². The highest BCUT2D eigenvalue weighted by Crippen LogP contribution is 2.32. The third-order valence-corrected chi connectivity index (χ3v) is 6.94. The number of nitrogens with zero attached hydrogens (tertiary/aromatic N) is 4. The van der Waals surface area contributed by atoms with Crippen LogP contribution in [0.25, 0.3) is 17.0 Å². The van der Waals surface area contributed by atoms with Crippen molar-refractivity contribution in [2.24, 2.45) is 0 Å². The van der Waals surface area contributed by atoms with Gasteiger partial charge in [-0.2, -0.15) is 5.26 Å². The van der Waals surface area contributed by atoms with Crippen LogP contribution in [0, 0.1) is 17.1 Å². The van der Waals surface area contributed by atoms with Gasteiger partial charge in [-0.15, -0.1) is 0 Å². The first-order valence-electron chi connectivity index (χ1n) is 11.7. The van der Waals surface area contributed by atoms with Gasteiger partial charge in [0.1, 0.15) is 11.0 Å². The molecule has 5 rings (SSSR count). The highest BCUT2D eigenvalue weighted by Gasteiger charge is 2.26. The first-order valence-corrected chi connectivity index (χ1v) is 12.5. The highest BCUT2D eigenvalue weighted by atomic mass is 35.5. The van der Waals surface area contributed by atoms with Gasteiger partial charge >= 0.3 is 6.03 Å². The molecule has 0 saturated heterocycles. The molecule has 2 aromatic heterocycles. The van der Waals surface area contributed by atoms with E-state index in [1.165, 1.54) is 6.07 Å². The molecule has 0 saturated carbocycles. The Bertz CT molecular complexity index is 1570. The van der Waals surface area contributed by atoms with Gasteiger partial charge < -0.3 is 5.32 Å². The van der Waals surface area contributed by atoms with E-state index in [1.807, 2.05) is 12.1 Å². The van der Waals surface area contributed by atoms with Crippen molar-refractivity contribution in [3.8, 4) is 6.07 Å². The standard InChI is InChI=1S/C28H22Cl2FN5O/c29-23-5-1-3-20(27(23)31)4-2-11-35-12-9-24-22(17-35)21-7-6-18(15-32)13-25(21)36(24)28(37)34-16-19-8-10-33-26(30)14-19/h1-8,10,13-14H,9,11-12,16-17H2,(H,34,37)/b4-2+. The van der Waals surface area contributed by atoms with Crippen LogP contribution >= 0.6 is 23.2 Å². The fourth-order valence-corrected chi connectivity index (χ4v) is 5.04. The molecule has 37 heavy (non-hydrogen) atoms. The minimum absolute atomic E-state index is 0.0969. The van der Waals surface area contributed by atoms with Gasteiger partial charge in [-0.3, -0.25) is 9.47 Å². The summed E-state index contributed by atoms with van der Waals surface area (Å²) in [5.74, 6) is -0.433. The molecule has 1 aliphatic rings. The lowest BCUT2D eigenvalue weighted by molar-refractivity contribution is 0.240. The summed E-state index contributed by atoms with van der Waals surface area (Å²) in [6.45, 7) is 2.26. The van der Waals surface area contributed by atoms with Crippen molar-refractivity contribution in [2.45, 2.75) is 19.5 Å². The van der Waals surface area contributed by atoms with Crippen LogP contribution in [-0.2, 0) is 19.5 Å². The largest absolute Gasteiger partial charge is 0.333 e. The van der Waals surface area contributed by atoms with Crippen molar-refractivity contribution in [1.29, 1.82) is 5.26 Å². The molecule has 3 heterocycles. The number of aromatic nitrogens is 2. The maximum atomic E-state index is 14.2. The molecule has 4 aromatic rings. The zero-order valence-corrected chi connectivity index (χ0v) is 21.2. The van der Waals surface area contributed by atoms with E-state index in [4.69, 9.17) is 23.2 Å². The Kier molecular flexibility index (Phi) is 7.24. The third kappa shape index (κ3) is 5.23. The molecule has 2 aromatic carbocycles. The lowest BCUT2D eigenvalue weighted by Crippen LogP contribution is -2.34. The monoisotopic (exact) mass is 533 g/mol.